The molecule has 0 saturated carbocycles. The normalized spacial score (nSPS) is 15.2. The molecule has 2 N–H and O–H groups in total. The van der Waals surface area contributed by atoms with Crippen molar-refractivity contribution in [2.75, 3.05) is 37.0 Å². The molecule has 1 atom stereocenters. The molecule has 0 radical (unpaired) electrons. The second-order valence-electron chi connectivity index (χ2n) is 7.82. The zero-order valence-electron chi connectivity index (χ0n) is 18.4. The molecule has 1 aliphatic rings. The number of carbonyl (C=O) groups is 2. The van der Waals surface area contributed by atoms with Crippen LogP contribution >= 0.6 is 11.8 Å². The van der Waals surface area contributed by atoms with Crippen LogP contribution in [0.4, 0.5) is 5.69 Å². The summed E-state index contributed by atoms with van der Waals surface area (Å²) in [4.78, 5) is 27.0. The number of hydrogen-bond donors (Lipinski definition) is 2. The van der Waals surface area contributed by atoms with E-state index < -0.39 is 6.04 Å². The van der Waals surface area contributed by atoms with Crippen LogP contribution in [-0.4, -0.2) is 48.4 Å². The minimum absolute atomic E-state index is 0.135. The minimum Gasteiger partial charge on any atom is -0.497 e. The number of methoxy groups -OCH3 is 1. The van der Waals surface area contributed by atoms with Crippen LogP contribution in [0.5, 0.6) is 5.75 Å². The molecule has 1 heterocycles. The smallest absolute Gasteiger partial charge is 0.226 e. The lowest BCUT2D eigenvalue weighted by Gasteiger charge is -2.26. The van der Waals surface area contributed by atoms with E-state index >= 15 is 0 Å². The summed E-state index contributed by atoms with van der Waals surface area (Å²) in [6, 6.07) is 13.2. The third-order valence-corrected chi connectivity index (χ3v) is 6.31. The van der Waals surface area contributed by atoms with Crippen LogP contribution in [0.25, 0.3) is 0 Å². The van der Waals surface area contributed by atoms with Crippen LogP contribution in [0, 0.1) is 6.92 Å². The first kappa shape index (κ1) is 23.2. The number of ether oxygens (including phenoxy) is 1. The SMILES string of the molecule is COc1ccc(C(CC(=O)Nc2cc(CN3CCSCC3)ccc2C)NC(C)=O)cc1. The first-order valence-electron chi connectivity index (χ1n) is 10.5. The van der Waals surface area contributed by atoms with Crippen LogP contribution < -0.4 is 15.4 Å². The molecular weight excluding hydrogens is 410 g/mol. The highest BCUT2D eigenvalue weighted by atomic mass is 32.2. The molecule has 0 aromatic heterocycles. The number of amides is 2. The summed E-state index contributed by atoms with van der Waals surface area (Å²) in [5.74, 6) is 2.77. The van der Waals surface area contributed by atoms with Crippen molar-refractivity contribution in [1.29, 1.82) is 0 Å². The largest absolute Gasteiger partial charge is 0.497 e. The molecule has 0 spiro atoms. The van der Waals surface area contributed by atoms with Gasteiger partial charge in [0.05, 0.1) is 19.6 Å². The first-order valence-corrected chi connectivity index (χ1v) is 11.7. The molecule has 0 aliphatic carbocycles. The van der Waals surface area contributed by atoms with Crippen LogP contribution in [0.15, 0.2) is 42.5 Å². The van der Waals surface area contributed by atoms with E-state index in [-0.39, 0.29) is 18.2 Å². The Bertz CT molecular complexity index is 895. The fourth-order valence-electron chi connectivity index (χ4n) is 3.64. The van der Waals surface area contributed by atoms with Crippen molar-refractivity contribution >= 4 is 29.3 Å². The zero-order chi connectivity index (χ0) is 22.2. The minimum atomic E-state index is -0.405. The summed E-state index contributed by atoms with van der Waals surface area (Å²) in [6.07, 6.45) is 0.152. The maximum atomic E-state index is 12.9. The topological polar surface area (TPSA) is 70.7 Å². The molecule has 31 heavy (non-hydrogen) atoms. The summed E-state index contributed by atoms with van der Waals surface area (Å²) in [5.41, 5.74) is 3.90. The highest BCUT2D eigenvalue weighted by molar-refractivity contribution is 7.99. The van der Waals surface area contributed by atoms with E-state index in [9.17, 15) is 9.59 Å². The van der Waals surface area contributed by atoms with Gasteiger partial charge in [-0.1, -0.05) is 24.3 Å². The molecule has 1 saturated heterocycles. The maximum Gasteiger partial charge on any atom is 0.226 e. The number of nitrogens with zero attached hydrogens (tertiary/aromatic N) is 1. The number of hydrogen-bond acceptors (Lipinski definition) is 5. The van der Waals surface area contributed by atoms with Crippen LogP contribution in [-0.2, 0) is 16.1 Å². The van der Waals surface area contributed by atoms with Crippen molar-refractivity contribution in [3.05, 3.63) is 59.2 Å². The van der Waals surface area contributed by atoms with E-state index in [1.54, 1.807) is 7.11 Å². The molecule has 0 bridgehead atoms. The lowest BCUT2D eigenvalue weighted by Crippen LogP contribution is -2.32. The van der Waals surface area contributed by atoms with E-state index in [2.05, 4.69) is 33.7 Å². The number of rotatable bonds is 8. The van der Waals surface area contributed by atoms with Gasteiger partial charge in [0.1, 0.15) is 5.75 Å². The summed E-state index contributed by atoms with van der Waals surface area (Å²) in [7, 11) is 1.61. The van der Waals surface area contributed by atoms with Crippen molar-refractivity contribution in [3.63, 3.8) is 0 Å². The molecule has 7 heteroatoms. The second kappa shape index (κ2) is 11.2. The molecule has 2 aromatic carbocycles. The van der Waals surface area contributed by atoms with Crippen molar-refractivity contribution < 1.29 is 14.3 Å². The molecular formula is C24H31N3O3S. The van der Waals surface area contributed by atoms with Gasteiger partial charge in [0.25, 0.3) is 0 Å². The molecule has 2 amide bonds. The highest BCUT2D eigenvalue weighted by Gasteiger charge is 2.18. The molecule has 6 nitrogen and oxygen atoms in total. The molecule has 1 fully saturated rings. The Labute approximate surface area is 188 Å². The predicted molar refractivity (Wildman–Crippen MR) is 127 cm³/mol. The first-order chi connectivity index (χ1) is 14.9. The monoisotopic (exact) mass is 441 g/mol. The third-order valence-electron chi connectivity index (χ3n) is 5.37. The van der Waals surface area contributed by atoms with E-state index in [1.165, 1.54) is 24.0 Å². The van der Waals surface area contributed by atoms with Crippen LogP contribution in [0.2, 0.25) is 0 Å². The van der Waals surface area contributed by atoms with Crippen LogP contribution in [0.3, 0.4) is 0 Å². The lowest BCUT2D eigenvalue weighted by atomic mass is 10.0. The summed E-state index contributed by atoms with van der Waals surface area (Å²) in [5, 5.41) is 5.93. The maximum absolute atomic E-state index is 12.9. The van der Waals surface area contributed by atoms with Crippen molar-refractivity contribution in [3.8, 4) is 5.75 Å². The Hall–Kier alpha value is -2.51. The number of anilines is 1. The van der Waals surface area contributed by atoms with E-state index in [0.717, 1.165) is 42.2 Å². The zero-order valence-corrected chi connectivity index (χ0v) is 19.3. The number of nitrogens with one attached hydrogen (secondary N) is 2. The predicted octanol–water partition coefficient (Wildman–Crippen LogP) is 3.76. The quantitative estimate of drug-likeness (QED) is 0.653. The average molecular weight is 442 g/mol. The average Bonchev–Trinajstić information content (AvgIpc) is 2.76. The van der Waals surface area contributed by atoms with Gasteiger partial charge in [-0.15, -0.1) is 0 Å². The Morgan fingerprint density at radius 3 is 2.48 bits per heavy atom. The van der Waals surface area contributed by atoms with Gasteiger partial charge in [0.2, 0.25) is 11.8 Å². The highest BCUT2D eigenvalue weighted by Crippen LogP contribution is 2.23. The van der Waals surface area contributed by atoms with Gasteiger partial charge in [-0.2, -0.15) is 11.8 Å². The van der Waals surface area contributed by atoms with Crippen LogP contribution in [0.1, 0.15) is 36.1 Å². The van der Waals surface area contributed by atoms with Gasteiger partial charge < -0.3 is 15.4 Å². The Morgan fingerprint density at radius 1 is 1.13 bits per heavy atom. The summed E-state index contributed by atoms with van der Waals surface area (Å²) < 4.78 is 5.20. The third kappa shape index (κ3) is 7.01. The molecule has 166 valence electrons. The Kier molecular flexibility index (Phi) is 8.37. The lowest BCUT2D eigenvalue weighted by molar-refractivity contribution is -0.120. The van der Waals surface area contributed by atoms with E-state index in [1.807, 2.05) is 43.0 Å². The summed E-state index contributed by atoms with van der Waals surface area (Å²) >= 11 is 2.00. The standard InChI is InChI=1S/C24H31N3O3S/c1-17-4-5-19(16-27-10-12-31-13-11-27)14-22(17)26-24(29)15-23(25-18(2)28)20-6-8-21(30-3)9-7-20/h4-9,14,23H,10-13,15-16H2,1-3H3,(H,25,28)(H,26,29). The number of aryl methyl sites for hydroxylation is 1. The molecule has 2 aromatic rings. The number of benzene rings is 2. The molecule has 3 rings (SSSR count). The van der Waals surface area contributed by atoms with Crippen molar-refractivity contribution in [2.24, 2.45) is 0 Å². The van der Waals surface area contributed by atoms with Gasteiger partial charge in [-0.3, -0.25) is 14.5 Å². The fourth-order valence-corrected chi connectivity index (χ4v) is 4.62. The molecule has 1 unspecified atom stereocenters. The Balaban J connectivity index is 1.67. The second-order valence-corrected chi connectivity index (χ2v) is 9.04. The molecule has 1 aliphatic heterocycles. The van der Waals surface area contributed by atoms with E-state index in [4.69, 9.17) is 4.74 Å². The number of thioether (sulfide) groups is 1. The summed E-state index contributed by atoms with van der Waals surface area (Å²) in [6.45, 7) is 6.54. The van der Waals surface area contributed by atoms with E-state index in [0.29, 0.717) is 0 Å². The Morgan fingerprint density at radius 2 is 1.84 bits per heavy atom. The van der Waals surface area contributed by atoms with Gasteiger partial charge in [-0.05, 0) is 41.8 Å². The van der Waals surface area contributed by atoms with Gasteiger partial charge >= 0.3 is 0 Å². The van der Waals surface area contributed by atoms with Gasteiger partial charge in [0.15, 0.2) is 0 Å². The van der Waals surface area contributed by atoms with Crippen molar-refractivity contribution in [2.45, 2.75) is 32.9 Å². The van der Waals surface area contributed by atoms with Crippen molar-refractivity contribution in [1.82, 2.24) is 10.2 Å². The van der Waals surface area contributed by atoms with Gasteiger partial charge in [0, 0.05) is 43.8 Å². The van der Waals surface area contributed by atoms with Gasteiger partial charge in [-0.25, -0.2) is 0 Å². The fraction of sp³-hybridized carbons (Fsp3) is 0.417. The number of carbonyl (C=O) groups excluding carboxylic acids is 2.